The molecule has 0 aromatic heterocycles. The molecule has 1 heterocycles. The van der Waals surface area contributed by atoms with E-state index in [4.69, 9.17) is 4.74 Å². The summed E-state index contributed by atoms with van der Waals surface area (Å²) in [7, 11) is 5.64. The average molecular weight is 291 g/mol. The monoisotopic (exact) mass is 292 g/mol. The normalized spacial score (nSPS) is 14.6. The summed E-state index contributed by atoms with van der Waals surface area (Å²) in [5, 5.41) is 0. The Hall–Kier alpha value is 0.239. The van der Waals surface area contributed by atoms with Gasteiger partial charge in [0.2, 0.25) is 0 Å². The van der Waals surface area contributed by atoms with Crippen LogP contribution in [0, 0.1) is 0 Å². The van der Waals surface area contributed by atoms with Crippen molar-refractivity contribution in [3.63, 3.8) is 0 Å². The second kappa shape index (κ2) is 4.40. The van der Waals surface area contributed by atoms with Crippen LogP contribution in [0.3, 0.4) is 0 Å². The maximum absolute atomic E-state index is 5.38. The molecule has 0 N–H and O–H groups in total. The second-order valence-corrected chi connectivity index (χ2v) is 9.67. The standard InChI is InChI=1S/C10H12OS2Se/c1-6(2)7-4-5-8(11-3)10-9(7)12-13-14-10/h4-6H,1-3H3. The van der Waals surface area contributed by atoms with Gasteiger partial charge < -0.3 is 0 Å². The molecule has 0 aliphatic carbocycles. The molecule has 0 amide bonds. The molecule has 0 radical (unpaired) electrons. The summed E-state index contributed by atoms with van der Waals surface area (Å²) >= 11 is 0.524. The van der Waals surface area contributed by atoms with Gasteiger partial charge in [-0.1, -0.05) is 0 Å². The molecule has 1 nitrogen and oxygen atoms in total. The molecule has 1 aromatic carbocycles. The van der Waals surface area contributed by atoms with Gasteiger partial charge in [-0.2, -0.15) is 0 Å². The van der Waals surface area contributed by atoms with Crippen molar-refractivity contribution < 1.29 is 4.74 Å². The summed E-state index contributed by atoms with van der Waals surface area (Å²) < 4.78 is 6.83. The Balaban J connectivity index is 2.53. The van der Waals surface area contributed by atoms with Gasteiger partial charge in [0.25, 0.3) is 0 Å². The Labute approximate surface area is 98.0 Å². The van der Waals surface area contributed by atoms with Crippen LogP contribution in [0.5, 0.6) is 5.75 Å². The van der Waals surface area contributed by atoms with Gasteiger partial charge in [-0.3, -0.25) is 0 Å². The van der Waals surface area contributed by atoms with Gasteiger partial charge in [-0.15, -0.1) is 0 Å². The Morgan fingerprint density at radius 2 is 2.14 bits per heavy atom. The van der Waals surface area contributed by atoms with Crippen LogP contribution in [0.1, 0.15) is 25.3 Å². The third kappa shape index (κ3) is 1.81. The first-order valence-electron chi connectivity index (χ1n) is 4.46. The van der Waals surface area contributed by atoms with Gasteiger partial charge in [0, 0.05) is 0 Å². The molecule has 1 aliphatic rings. The van der Waals surface area contributed by atoms with Crippen LogP contribution in [0.4, 0.5) is 0 Å². The molecule has 76 valence electrons. The molecule has 2 rings (SSSR count). The molecule has 0 bridgehead atoms. The Morgan fingerprint density at radius 1 is 1.36 bits per heavy atom. The average Bonchev–Trinajstić information content (AvgIpc) is 2.64. The van der Waals surface area contributed by atoms with Crippen molar-refractivity contribution in [1.82, 2.24) is 0 Å². The fourth-order valence-electron chi connectivity index (χ4n) is 1.43. The zero-order chi connectivity index (χ0) is 10.1. The van der Waals surface area contributed by atoms with Crippen LogP contribution in [-0.4, -0.2) is 20.9 Å². The molecule has 0 spiro atoms. The summed E-state index contributed by atoms with van der Waals surface area (Å²) in [6.45, 7) is 4.50. The number of hydrogen-bond acceptors (Lipinski definition) is 3. The van der Waals surface area contributed by atoms with Crippen LogP contribution in [-0.2, 0) is 0 Å². The van der Waals surface area contributed by atoms with E-state index in [0.29, 0.717) is 19.8 Å². The minimum absolute atomic E-state index is 0.524. The minimum atomic E-state index is 0.524. The molecule has 1 aliphatic heterocycles. The van der Waals surface area contributed by atoms with Gasteiger partial charge >= 0.3 is 98.3 Å². The van der Waals surface area contributed by atoms with Gasteiger partial charge in [0.1, 0.15) is 0 Å². The van der Waals surface area contributed by atoms with Crippen molar-refractivity contribution >= 4 is 38.3 Å². The van der Waals surface area contributed by atoms with E-state index < -0.39 is 0 Å². The SMILES string of the molecule is COc1ccc(C(C)C)c2c1[Se]SS2. The fraction of sp³-hybridized carbons (Fsp3) is 0.400. The number of hydrogen-bond donors (Lipinski definition) is 0. The van der Waals surface area contributed by atoms with Crippen LogP contribution >= 0.6 is 20.0 Å². The maximum atomic E-state index is 5.38. The van der Waals surface area contributed by atoms with Crippen molar-refractivity contribution in [3.8, 4) is 5.75 Å². The first kappa shape index (κ1) is 10.7. The second-order valence-electron chi connectivity index (χ2n) is 3.40. The summed E-state index contributed by atoms with van der Waals surface area (Å²) in [6.07, 6.45) is 0. The van der Waals surface area contributed by atoms with Crippen molar-refractivity contribution in [2.45, 2.75) is 24.7 Å². The topological polar surface area (TPSA) is 9.23 Å². The molecular weight excluding hydrogens is 279 g/mol. The Morgan fingerprint density at radius 3 is 2.79 bits per heavy atom. The molecule has 0 saturated carbocycles. The first-order chi connectivity index (χ1) is 6.74. The van der Waals surface area contributed by atoms with E-state index in [1.807, 2.05) is 20.0 Å². The summed E-state index contributed by atoms with van der Waals surface area (Å²) in [4.78, 5) is 1.46. The van der Waals surface area contributed by atoms with Crippen molar-refractivity contribution in [2.75, 3.05) is 7.11 Å². The molecule has 4 heteroatoms. The Bertz CT molecular complexity index is 352. The van der Waals surface area contributed by atoms with Crippen molar-refractivity contribution in [3.05, 3.63) is 17.7 Å². The number of ether oxygens (including phenoxy) is 1. The van der Waals surface area contributed by atoms with Crippen LogP contribution in [0.2, 0.25) is 0 Å². The quantitative estimate of drug-likeness (QED) is 0.612. The van der Waals surface area contributed by atoms with Crippen molar-refractivity contribution in [1.29, 1.82) is 0 Å². The number of fused-ring (bicyclic) bond motifs is 1. The summed E-state index contributed by atoms with van der Waals surface area (Å²) in [5.74, 6) is 1.68. The van der Waals surface area contributed by atoms with Crippen molar-refractivity contribution in [2.24, 2.45) is 0 Å². The molecule has 1 aromatic rings. The van der Waals surface area contributed by atoms with Crippen LogP contribution in [0.25, 0.3) is 0 Å². The van der Waals surface area contributed by atoms with Gasteiger partial charge in [0.15, 0.2) is 0 Å². The predicted octanol–water partition coefficient (Wildman–Crippen LogP) is 2.82. The van der Waals surface area contributed by atoms with E-state index in [2.05, 4.69) is 26.0 Å². The van der Waals surface area contributed by atoms with E-state index in [0.717, 1.165) is 5.75 Å². The molecule has 0 unspecified atom stereocenters. The van der Waals surface area contributed by atoms with Gasteiger partial charge in [-0.25, -0.2) is 0 Å². The van der Waals surface area contributed by atoms with Crippen LogP contribution in [0.15, 0.2) is 17.0 Å². The van der Waals surface area contributed by atoms with E-state index in [1.165, 1.54) is 14.9 Å². The zero-order valence-electron chi connectivity index (χ0n) is 8.37. The number of benzene rings is 1. The molecular formula is C10H12OS2Se. The molecule has 0 saturated heterocycles. The summed E-state index contributed by atoms with van der Waals surface area (Å²) in [5.41, 5.74) is 1.47. The molecule has 14 heavy (non-hydrogen) atoms. The van der Waals surface area contributed by atoms with Gasteiger partial charge in [0.05, 0.1) is 0 Å². The summed E-state index contributed by atoms with van der Waals surface area (Å²) in [6, 6.07) is 4.32. The first-order valence-corrected chi connectivity index (χ1v) is 9.49. The third-order valence-corrected chi connectivity index (χ3v) is 8.76. The van der Waals surface area contributed by atoms with Gasteiger partial charge in [-0.05, 0) is 0 Å². The van der Waals surface area contributed by atoms with E-state index in [1.54, 1.807) is 7.11 Å². The number of methoxy groups -OCH3 is 1. The molecule has 0 fully saturated rings. The number of rotatable bonds is 2. The van der Waals surface area contributed by atoms with E-state index >= 15 is 0 Å². The predicted molar refractivity (Wildman–Crippen MR) is 65.9 cm³/mol. The third-order valence-electron chi connectivity index (χ3n) is 2.18. The molecule has 0 atom stereocenters. The van der Waals surface area contributed by atoms with E-state index in [9.17, 15) is 0 Å². The Kier molecular flexibility index (Phi) is 3.38. The van der Waals surface area contributed by atoms with Crippen LogP contribution < -0.4 is 9.20 Å². The zero-order valence-corrected chi connectivity index (χ0v) is 11.7. The fourth-order valence-corrected chi connectivity index (χ4v) is 9.30. The van der Waals surface area contributed by atoms with E-state index in [-0.39, 0.29) is 0 Å².